The number of nitrogens with one attached hydrogen (secondary N) is 2. The molecule has 6 nitrogen and oxygen atoms in total. The molecule has 1 aromatic carbocycles. The summed E-state index contributed by atoms with van der Waals surface area (Å²) in [7, 11) is 0. The number of nitrogens with zero attached hydrogens (tertiary/aromatic N) is 1. The number of nitrogen functional groups attached to an aromatic ring is 1. The van der Waals surface area contributed by atoms with Gasteiger partial charge in [-0.15, -0.1) is 0 Å². The normalized spacial score (nSPS) is 11.0. The standard InChI is InChI=1S/C17H9ClN4O2S/c18-8-3-1-7(2-4-8)12-9(6-19)16(20)22-17-13(12)14-15(25-17)10(23)5-11(24)21-14/h1-5H,(H2,20,22)(H2,21,23,24)/p+1. The molecule has 5 N–H and O–H groups in total. The van der Waals surface area contributed by atoms with Crippen LogP contribution in [0.4, 0.5) is 5.82 Å². The fraction of sp³-hybridized carbons (Fsp3) is 0. The summed E-state index contributed by atoms with van der Waals surface area (Å²) in [6, 6.07) is 10.2. The second-order valence-electron chi connectivity index (χ2n) is 5.44. The van der Waals surface area contributed by atoms with Gasteiger partial charge in [0.25, 0.3) is 11.4 Å². The summed E-state index contributed by atoms with van der Waals surface area (Å²) in [4.78, 5) is 18.2. The zero-order valence-corrected chi connectivity index (χ0v) is 14.1. The maximum atomic E-state index is 11.8. The summed E-state index contributed by atoms with van der Waals surface area (Å²) in [6.45, 7) is 0. The largest absolute Gasteiger partial charge is 0.506 e. The van der Waals surface area contributed by atoms with Crippen LogP contribution in [0.15, 0.2) is 35.1 Å². The number of aromatic hydroxyl groups is 1. The van der Waals surface area contributed by atoms with Gasteiger partial charge >= 0.3 is 0 Å². The summed E-state index contributed by atoms with van der Waals surface area (Å²) < 4.78 is 0.510. The van der Waals surface area contributed by atoms with Gasteiger partial charge in [-0.2, -0.15) is 5.26 Å². The average Bonchev–Trinajstić information content (AvgIpc) is 2.92. The van der Waals surface area contributed by atoms with E-state index in [1.807, 2.05) is 0 Å². The Labute approximate surface area is 149 Å². The molecule has 0 amide bonds. The number of nitrogens with two attached hydrogens (primary N) is 1. The molecule has 3 aromatic heterocycles. The first-order valence-corrected chi connectivity index (χ1v) is 8.38. The molecule has 0 bridgehead atoms. The fourth-order valence-electron chi connectivity index (χ4n) is 2.87. The highest BCUT2D eigenvalue weighted by atomic mass is 35.5. The van der Waals surface area contributed by atoms with E-state index in [1.165, 1.54) is 11.3 Å². The third-order valence-corrected chi connectivity index (χ3v) is 5.30. The molecule has 8 heteroatoms. The van der Waals surface area contributed by atoms with E-state index < -0.39 is 5.56 Å². The van der Waals surface area contributed by atoms with Crippen LogP contribution < -0.4 is 16.3 Å². The van der Waals surface area contributed by atoms with Crippen molar-refractivity contribution in [3.8, 4) is 22.9 Å². The van der Waals surface area contributed by atoms with Gasteiger partial charge in [-0.25, -0.2) is 4.98 Å². The summed E-state index contributed by atoms with van der Waals surface area (Å²) in [6.07, 6.45) is 0. The Bertz CT molecular complexity index is 1250. The predicted octanol–water partition coefficient (Wildman–Crippen LogP) is 3.04. The first-order valence-electron chi connectivity index (χ1n) is 7.19. The zero-order chi connectivity index (χ0) is 17.7. The van der Waals surface area contributed by atoms with E-state index >= 15 is 0 Å². The Morgan fingerprint density at radius 3 is 2.72 bits per heavy atom. The minimum Gasteiger partial charge on any atom is -0.506 e. The molecule has 3 heterocycles. The Morgan fingerprint density at radius 1 is 1.32 bits per heavy atom. The molecule has 4 aromatic rings. The van der Waals surface area contributed by atoms with E-state index in [-0.39, 0.29) is 17.1 Å². The van der Waals surface area contributed by atoms with Gasteiger partial charge in [-0.1, -0.05) is 35.1 Å². The van der Waals surface area contributed by atoms with Crippen molar-refractivity contribution in [3.63, 3.8) is 0 Å². The summed E-state index contributed by atoms with van der Waals surface area (Å²) in [5, 5.41) is 20.9. The lowest BCUT2D eigenvalue weighted by Gasteiger charge is -2.07. The number of hydrogen-bond acceptors (Lipinski definition) is 5. The van der Waals surface area contributed by atoms with Crippen LogP contribution in [0.2, 0.25) is 5.02 Å². The van der Waals surface area contributed by atoms with Crippen molar-refractivity contribution in [3.05, 3.63) is 51.3 Å². The molecule has 0 aliphatic heterocycles. The molecule has 0 aliphatic carbocycles. The van der Waals surface area contributed by atoms with E-state index in [9.17, 15) is 15.2 Å². The summed E-state index contributed by atoms with van der Waals surface area (Å²) >= 11 is 7.21. The Kier molecular flexibility index (Phi) is 3.39. The van der Waals surface area contributed by atoms with Crippen LogP contribution in [0.25, 0.3) is 31.6 Å². The van der Waals surface area contributed by atoms with Crippen molar-refractivity contribution < 1.29 is 10.1 Å². The van der Waals surface area contributed by atoms with Gasteiger partial charge in [-0.3, -0.25) is 10.5 Å². The monoisotopic (exact) mass is 369 g/mol. The number of nitriles is 1. The first-order chi connectivity index (χ1) is 12.0. The number of aromatic amines is 2. The van der Waals surface area contributed by atoms with Gasteiger partial charge in [0, 0.05) is 16.7 Å². The van der Waals surface area contributed by atoms with Crippen LogP contribution in [0, 0.1) is 11.3 Å². The lowest BCUT2D eigenvalue weighted by atomic mass is 9.97. The third-order valence-electron chi connectivity index (χ3n) is 3.92. The molecular formula is C17H10ClN4O2S+. The van der Waals surface area contributed by atoms with Crippen molar-refractivity contribution in [2.75, 3.05) is 5.73 Å². The molecule has 0 aliphatic rings. The van der Waals surface area contributed by atoms with Crippen molar-refractivity contribution in [1.82, 2.24) is 4.98 Å². The number of hydrogen-bond donors (Lipinski definition) is 3. The van der Waals surface area contributed by atoms with Crippen molar-refractivity contribution in [2.45, 2.75) is 0 Å². The first kappa shape index (κ1) is 15.4. The minimum atomic E-state index is -0.429. The zero-order valence-electron chi connectivity index (χ0n) is 12.6. The number of anilines is 1. The van der Waals surface area contributed by atoms with Gasteiger partial charge in [0.05, 0.1) is 15.6 Å². The second kappa shape index (κ2) is 5.48. The van der Waals surface area contributed by atoms with E-state index in [2.05, 4.69) is 16.0 Å². The fourth-order valence-corrected chi connectivity index (χ4v) is 4.09. The van der Waals surface area contributed by atoms with Gasteiger partial charge in [0.2, 0.25) is 0 Å². The number of benzene rings is 1. The molecule has 0 spiro atoms. The molecule has 0 saturated heterocycles. The number of pyridine rings is 2. The van der Waals surface area contributed by atoms with E-state index in [0.29, 0.717) is 31.0 Å². The molecular weight excluding hydrogens is 360 g/mol. The Hall–Kier alpha value is -3.08. The van der Waals surface area contributed by atoms with Gasteiger partial charge in [0.15, 0.2) is 4.83 Å². The second-order valence-corrected chi connectivity index (χ2v) is 6.89. The van der Waals surface area contributed by atoms with E-state index in [1.54, 1.807) is 24.3 Å². The molecule has 25 heavy (non-hydrogen) atoms. The number of thiophene rings is 1. The van der Waals surface area contributed by atoms with Crippen molar-refractivity contribution in [1.29, 1.82) is 5.26 Å². The predicted molar refractivity (Wildman–Crippen MR) is 97.7 cm³/mol. The van der Waals surface area contributed by atoms with Crippen molar-refractivity contribution >= 4 is 49.2 Å². The Morgan fingerprint density at radius 2 is 2.04 bits per heavy atom. The van der Waals surface area contributed by atoms with Crippen molar-refractivity contribution in [2.24, 2.45) is 0 Å². The van der Waals surface area contributed by atoms with Gasteiger partial charge < -0.3 is 10.1 Å². The van der Waals surface area contributed by atoms with Crippen LogP contribution >= 0.6 is 22.9 Å². The van der Waals surface area contributed by atoms with Crippen LogP contribution in [-0.4, -0.2) is 10.1 Å². The molecule has 4 rings (SSSR count). The van der Waals surface area contributed by atoms with Gasteiger partial charge in [-0.05, 0) is 17.7 Å². The number of aromatic nitrogens is 2. The number of halogens is 1. The van der Waals surface area contributed by atoms with Crippen LogP contribution in [0.1, 0.15) is 5.56 Å². The highest BCUT2D eigenvalue weighted by Crippen LogP contribution is 2.42. The molecule has 0 radical (unpaired) electrons. The summed E-state index contributed by atoms with van der Waals surface area (Å²) in [5.41, 5.74) is 7.63. The molecule has 0 atom stereocenters. The van der Waals surface area contributed by atoms with Crippen LogP contribution in [0.3, 0.4) is 0 Å². The Balaban J connectivity index is 2.27. The van der Waals surface area contributed by atoms with E-state index in [4.69, 9.17) is 17.3 Å². The quantitative estimate of drug-likeness (QED) is 0.478. The maximum Gasteiger partial charge on any atom is 0.290 e. The number of fused-ring (bicyclic) bond motifs is 3. The van der Waals surface area contributed by atoms with Gasteiger partial charge in [0.1, 0.15) is 17.4 Å². The topological polar surface area (TPSA) is 117 Å². The number of rotatable bonds is 1. The van der Waals surface area contributed by atoms with Crippen LogP contribution in [-0.2, 0) is 0 Å². The lowest BCUT2D eigenvalue weighted by Crippen LogP contribution is -2.13. The highest BCUT2D eigenvalue weighted by Gasteiger charge is 2.24. The van der Waals surface area contributed by atoms with E-state index in [0.717, 1.165) is 11.6 Å². The maximum absolute atomic E-state index is 11.8. The SMILES string of the molecule is N#Cc1c(N)[nH+]c2sc3c(O)cc(=O)[nH]c3c2c1-c1ccc(Cl)cc1. The van der Waals surface area contributed by atoms with Crippen LogP contribution in [0.5, 0.6) is 5.75 Å². The molecule has 0 fully saturated rings. The third kappa shape index (κ3) is 2.31. The molecule has 0 saturated carbocycles. The molecule has 0 unspecified atom stereocenters. The smallest absolute Gasteiger partial charge is 0.290 e. The molecule has 122 valence electrons. The summed E-state index contributed by atoms with van der Waals surface area (Å²) in [5.74, 6) is 0.0980. The minimum absolute atomic E-state index is 0.118. The average molecular weight is 370 g/mol. The lowest BCUT2D eigenvalue weighted by molar-refractivity contribution is -0.323. The highest BCUT2D eigenvalue weighted by molar-refractivity contribution is 7.25. The number of H-pyrrole nitrogens is 2.